The van der Waals surface area contributed by atoms with E-state index >= 15 is 0 Å². The molecule has 0 aliphatic rings. The molecular formula is C101H88Ir3N8SSi3-6. The van der Waals surface area contributed by atoms with Gasteiger partial charge in [0.1, 0.15) is 0 Å². The van der Waals surface area contributed by atoms with E-state index in [1.165, 1.54) is 85.0 Å². The average molecular weight is 2110 g/mol. The molecule has 116 heavy (non-hydrogen) atoms. The van der Waals surface area contributed by atoms with Crippen LogP contribution in [0.5, 0.6) is 0 Å². The van der Waals surface area contributed by atoms with Crippen LogP contribution in [0.4, 0.5) is 0 Å². The molecular weight excluding hydrogens is 2020 g/mol. The maximum atomic E-state index is 4.73. The molecule has 9 aromatic heterocycles. The zero-order valence-electron chi connectivity index (χ0n) is 66.5. The largest absolute Gasteiger partial charge is 0.381 e. The second-order valence-electron chi connectivity index (χ2n) is 30.4. The van der Waals surface area contributed by atoms with Crippen LogP contribution < -0.4 is 15.6 Å². The van der Waals surface area contributed by atoms with Crippen molar-refractivity contribution in [3.63, 3.8) is 0 Å². The maximum absolute atomic E-state index is 4.73. The third-order valence-corrected chi connectivity index (χ3v) is 26.8. The smallest absolute Gasteiger partial charge is 0.0767 e. The molecule has 8 nitrogen and oxygen atoms in total. The molecule has 0 N–H and O–H groups in total. The van der Waals surface area contributed by atoms with E-state index in [2.05, 4.69) is 307 Å². The number of rotatable bonds is 11. The number of hydrogen-bond acceptors (Lipinski definition) is 7. The van der Waals surface area contributed by atoms with Crippen LogP contribution in [-0.4, -0.2) is 63.3 Å². The molecule has 0 saturated carbocycles. The van der Waals surface area contributed by atoms with E-state index in [-0.39, 0.29) is 60.3 Å². The minimum absolute atomic E-state index is 0. The van der Waals surface area contributed by atoms with Gasteiger partial charge in [0.25, 0.3) is 0 Å². The Balaban J connectivity index is 0.000000141. The summed E-state index contributed by atoms with van der Waals surface area (Å²) in [5.74, 6) is 0. The van der Waals surface area contributed by atoms with Gasteiger partial charge in [-0.05, 0) is 140 Å². The quantitative estimate of drug-likeness (QED) is 0.0947. The van der Waals surface area contributed by atoms with Gasteiger partial charge in [0.2, 0.25) is 0 Å². The first-order chi connectivity index (χ1) is 55.0. The standard InChI is InChI=1S/C26H23N2Si.C22H23N2Si.C20H18NSSi.3C11H8N.3Ir/c1-29(2,3)21-15-16-27-24(18-21)19-13-14-26-23(17-19)22-11-7-8-12-25(22)28(26)20-9-5-4-6-10-20;1-5-24-19-10-7-6-9-17(19)18-15-16(12-13-20(18)24)22-21(25(2,3)4)11-8-14-23-22;1-23(2,3)19-9-6-12-21-20(19)14-10-11-18-16(13-14)15-7-4-5-8-17(15)22-18;3*1-2-6-10(7-3-1)11-8-4-5-9-12-11;;;/h4-12,14-18H,1-3H3;6-11,13-15H,5H2,1-4H3;4-9,11-13H,1-3H3;3*1-6,8-9H;;;/q6*-1;;;. The van der Waals surface area contributed by atoms with Crippen molar-refractivity contribution in [1.29, 1.82) is 0 Å². The number of aromatic nitrogens is 8. The molecule has 0 aliphatic heterocycles. The SMILES string of the molecule is CCn1c2c[c-]c(-c3ncccc3[Si](C)(C)C)cc2c2ccccc21.C[Si](C)(C)c1cccnc1-c1[c-]cc2sc3ccccc3c2c1.C[Si](C)(C)c1ccnc(-c2[c-]cc3c(c2)c2ccccc2n3-c2ccccc2)c1.[Ir].[Ir].[Ir].[c-]1ccccc1-c1ccccn1.[c-]1ccccc1-c1ccccn1.[c-]1ccccc1-c1ccccn1. The second-order valence-corrected chi connectivity index (χ2v) is 46.7. The van der Waals surface area contributed by atoms with Crippen molar-refractivity contribution in [3.05, 3.63) is 377 Å². The first-order valence-corrected chi connectivity index (χ1v) is 49.6. The Hall–Kier alpha value is -10.5. The van der Waals surface area contributed by atoms with Gasteiger partial charge in [0, 0.05) is 125 Å². The Labute approximate surface area is 730 Å². The van der Waals surface area contributed by atoms with Gasteiger partial charge in [-0.1, -0.05) is 218 Å². The van der Waals surface area contributed by atoms with Crippen LogP contribution >= 0.6 is 11.3 Å². The van der Waals surface area contributed by atoms with Gasteiger partial charge < -0.3 is 39.0 Å². The summed E-state index contributed by atoms with van der Waals surface area (Å²) < 4.78 is 7.31. The minimum atomic E-state index is -1.47. The van der Waals surface area contributed by atoms with E-state index in [0.29, 0.717) is 0 Å². The monoisotopic (exact) mass is 2110 g/mol. The predicted octanol–water partition coefficient (Wildman–Crippen LogP) is 24.5. The number of hydrogen-bond donors (Lipinski definition) is 0. The Kier molecular flexibility index (Phi) is 29.7. The third kappa shape index (κ3) is 20.7. The van der Waals surface area contributed by atoms with E-state index < -0.39 is 24.2 Å². The Morgan fingerprint density at radius 3 is 1.22 bits per heavy atom. The molecule has 3 radical (unpaired) electrons. The molecule has 15 heteroatoms. The molecule has 0 aliphatic carbocycles. The van der Waals surface area contributed by atoms with Crippen LogP contribution in [0.2, 0.25) is 58.9 Å². The summed E-state index contributed by atoms with van der Waals surface area (Å²) in [6.45, 7) is 24.5. The molecule has 10 aromatic carbocycles. The second kappa shape index (κ2) is 39.9. The number of benzene rings is 10. The third-order valence-electron chi connectivity index (χ3n) is 19.5. The molecule has 0 saturated heterocycles. The summed E-state index contributed by atoms with van der Waals surface area (Å²) in [6, 6.07) is 123. The molecule has 0 spiro atoms. The normalized spacial score (nSPS) is 11.0. The van der Waals surface area contributed by atoms with Gasteiger partial charge in [-0.2, -0.15) is 11.3 Å². The van der Waals surface area contributed by atoms with Crippen molar-refractivity contribution in [2.75, 3.05) is 0 Å². The number of fused-ring (bicyclic) bond motifs is 9. The van der Waals surface area contributed by atoms with Gasteiger partial charge in [-0.3, -0.25) is 0 Å². The summed E-state index contributed by atoms with van der Waals surface area (Å²) in [7, 11) is -4.31. The first kappa shape index (κ1) is 86.4. The Bertz CT molecular complexity index is 6070. The van der Waals surface area contributed by atoms with Crippen LogP contribution in [0.15, 0.2) is 340 Å². The van der Waals surface area contributed by atoms with Crippen LogP contribution in [0, 0.1) is 36.4 Å². The van der Waals surface area contributed by atoms with Crippen LogP contribution in [0.25, 0.3) is 137 Å². The zero-order valence-corrected chi connectivity index (χ0v) is 77.5. The van der Waals surface area contributed by atoms with E-state index in [9.17, 15) is 0 Å². The Morgan fingerprint density at radius 2 is 0.716 bits per heavy atom. The summed E-state index contributed by atoms with van der Waals surface area (Å²) >= 11 is 1.83. The Morgan fingerprint density at radius 1 is 0.293 bits per heavy atom. The van der Waals surface area contributed by atoms with Crippen LogP contribution in [0.3, 0.4) is 0 Å². The molecule has 0 bridgehead atoms. The first-order valence-electron chi connectivity index (χ1n) is 38.3. The van der Waals surface area contributed by atoms with E-state index in [0.717, 1.165) is 74.1 Å². The number of aryl methyl sites for hydroxylation is 1. The van der Waals surface area contributed by atoms with E-state index in [1.807, 2.05) is 157 Å². The molecule has 0 amide bonds. The minimum Gasteiger partial charge on any atom is -0.381 e. The molecule has 9 heterocycles. The summed E-state index contributed by atoms with van der Waals surface area (Å²) in [5, 5.41) is 11.9. The summed E-state index contributed by atoms with van der Waals surface area (Å²) in [4.78, 5) is 26.7. The summed E-state index contributed by atoms with van der Waals surface area (Å²) in [5.41, 5.74) is 18.6. The van der Waals surface area contributed by atoms with Crippen LogP contribution in [0.1, 0.15) is 6.92 Å². The molecule has 0 fully saturated rings. The van der Waals surface area contributed by atoms with Crippen molar-refractivity contribution in [2.45, 2.75) is 72.4 Å². The fraction of sp³-hybridized carbons (Fsp3) is 0.109. The number of thiophene rings is 1. The van der Waals surface area contributed by atoms with E-state index in [1.54, 1.807) is 18.6 Å². The number of nitrogens with zero attached hydrogens (tertiary/aromatic N) is 8. The fourth-order valence-corrected chi connectivity index (χ4v) is 19.1. The zero-order chi connectivity index (χ0) is 78.3. The van der Waals surface area contributed by atoms with Gasteiger partial charge in [0.05, 0.1) is 24.2 Å². The van der Waals surface area contributed by atoms with Crippen molar-refractivity contribution in [1.82, 2.24) is 39.0 Å². The van der Waals surface area contributed by atoms with Crippen molar-refractivity contribution in [2.24, 2.45) is 0 Å². The fourth-order valence-electron chi connectivity index (χ4n) is 13.9. The molecule has 19 rings (SSSR count). The van der Waals surface area contributed by atoms with E-state index in [4.69, 9.17) is 9.97 Å². The van der Waals surface area contributed by atoms with Crippen molar-refractivity contribution < 1.29 is 60.3 Å². The molecule has 583 valence electrons. The molecule has 0 unspecified atom stereocenters. The topological polar surface area (TPSA) is 87.2 Å². The number of para-hydroxylation sites is 3. The van der Waals surface area contributed by atoms with Crippen LogP contribution in [-0.2, 0) is 66.9 Å². The van der Waals surface area contributed by atoms with Crippen molar-refractivity contribution in [3.8, 4) is 73.2 Å². The maximum Gasteiger partial charge on any atom is 0.0767 e. The van der Waals surface area contributed by atoms with Crippen molar-refractivity contribution >= 4 is 115 Å². The van der Waals surface area contributed by atoms with Gasteiger partial charge in [-0.25, -0.2) is 0 Å². The predicted molar refractivity (Wildman–Crippen MR) is 486 cm³/mol. The van der Waals surface area contributed by atoms with Gasteiger partial charge in [-0.15, -0.1) is 179 Å². The summed E-state index contributed by atoms with van der Waals surface area (Å²) in [6.07, 6.45) is 11.1. The number of pyridine rings is 6. The molecule has 19 aromatic rings. The molecule has 0 atom stereocenters. The van der Waals surface area contributed by atoms with Gasteiger partial charge in [0.15, 0.2) is 0 Å². The average Bonchev–Trinajstić information content (AvgIpc) is 1.60. The van der Waals surface area contributed by atoms with Gasteiger partial charge >= 0.3 is 0 Å².